The third-order valence-electron chi connectivity index (χ3n) is 4.37. The number of nitrogens with zero attached hydrogens (tertiary/aromatic N) is 1. The van der Waals surface area contributed by atoms with Gasteiger partial charge in [-0.2, -0.15) is 0 Å². The van der Waals surface area contributed by atoms with Crippen LogP contribution in [0.1, 0.15) is 44.8 Å². The molecule has 5 heteroatoms. The molecular formula is C22H28FN3O. The maximum Gasteiger partial charge on any atom is 0.174 e. The standard InChI is InChI=1S/C22H28FN3O/c1-8-10-16(15(4)22(5,6)23)18-11-12-19(27-18)21-25-17(13-24-7)20(26-21)14(3)9-2/h8-12,24H,1,4,13H2,2-3,5-7H3,(H,25,26)/b14-9+,16-10+. The second-order valence-corrected chi connectivity index (χ2v) is 6.85. The first-order valence-corrected chi connectivity index (χ1v) is 8.91. The van der Waals surface area contributed by atoms with Gasteiger partial charge in [-0.3, -0.25) is 0 Å². The number of halogens is 1. The predicted molar refractivity (Wildman–Crippen MR) is 111 cm³/mol. The quantitative estimate of drug-likeness (QED) is 0.588. The zero-order chi connectivity index (χ0) is 20.2. The Morgan fingerprint density at radius 1 is 1.41 bits per heavy atom. The van der Waals surface area contributed by atoms with Gasteiger partial charge in [0.1, 0.15) is 11.4 Å². The molecule has 0 spiro atoms. The van der Waals surface area contributed by atoms with Crippen LogP contribution in [-0.4, -0.2) is 22.7 Å². The van der Waals surface area contributed by atoms with Crippen molar-refractivity contribution in [1.82, 2.24) is 15.3 Å². The number of hydrogen-bond donors (Lipinski definition) is 2. The maximum atomic E-state index is 14.4. The van der Waals surface area contributed by atoms with E-state index in [9.17, 15) is 4.39 Å². The summed E-state index contributed by atoms with van der Waals surface area (Å²) in [7, 11) is 1.89. The Morgan fingerprint density at radius 2 is 2.11 bits per heavy atom. The molecule has 144 valence electrons. The zero-order valence-electron chi connectivity index (χ0n) is 16.7. The van der Waals surface area contributed by atoms with E-state index in [2.05, 4.69) is 28.4 Å². The first-order chi connectivity index (χ1) is 12.7. The minimum atomic E-state index is -1.57. The fraction of sp³-hybridized carbons (Fsp3) is 0.318. The number of furan rings is 1. The van der Waals surface area contributed by atoms with Crippen molar-refractivity contribution in [3.8, 4) is 11.6 Å². The van der Waals surface area contributed by atoms with Crippen LogP contribution in [0.25, 0.3) is 22.7 Å². The molecule has 0 aromatic carbocycles. The molecule has 0 aliphatic carbocycles. The number of aromatic amines is 1. The van der Waals surface area contributed by atoms with E-state index in [0.29, 0.717) is 35.0 Å². The summed E-state index contributed by atoms with van der Waals surface area (Å²) in [5, 5.41) is 3.14. The number of rotatable bonds is 8. The van der Waals surface area contributed by atoms with Gasteiger partial charge >= 0.3 is 0 Å². The van der Waals surface area contributed by atoms with Gasteiger partial charge in [0.15, 0.2) is 11.6 Å². The lowest BCUT2D eigenvalue weighted by Gasteiger charge is -2.19. The molecule has 0 aliphatic heterocycles. The summed E-state index contributed by atoms with van der Waals surface area (Å²) in [6, 6.07) is 3.62. The highest BCUT2D eigenvalue weighted by Gasteiger charge is 2.26. The Morgan fingerprint density at radius 3 is 2.67 bits per heavy atom. The van der Waals surface area contributed by atoms with Crippen molar-refractivity contribution in [2.24, 2.45) is 0 Å². The molecule has 0 saturated carbocycles. The summed E-state index contributed by atoms with van der Waals surface area (Å²) in [5.41, 5.74) is 2.31. The normalized spacial score (nSPS) is 13.1. The third kappa shape index (κ3) is 4.55. The molecule has 2 aromatic rings. The number of allylic oxidation sites excluding steroid dienone is 6. The Bertz CT molecular complexity index is 891. The Balaban J connectivity index is 2.47. The highest BCUT2D eigenvalue weighted by molar-refractivity contribution is 5.79. The van der Waals surface area contributed by atoms with Crippen molar-refractivity contribution in [2.75, 3.05) is 7.05 Å². The van der Waals surface area contributed by atoms with Crippen molar-refractivity contribution >= 4 is 11.1 Å². The van der Waals surface area contributed by atoms with Gasteiger partial charge < -0.3 is 14.7 Å². The van der Waals surface area contributed by atoms with Gasteiger partial charge in [0.05, 0.1) is 11.4 Å². The smallest absolute Gasteiger partial charge is 0.174 e. The Hall–Kier alpha value is -2.66. The second-order valence-electron chi connectivity index (χ2n) is 6.85. The summed E-state index contributed by atoms with van der Waals surface area (Å²) >= 11 is 0. The fourth-order valence-corrected chi connectivity index (χ4v) is 2.67. The molecule has 27 heavy (non-hydrogen) atoms. The molecule has 0 unspecified atom stereocenters. The van der Waals surface area contributed by atoms with Crippen molar-refractivity contribution in [2.45, 2.75) is 39.9 Å². The van der Waals surface area contributed by atoms with Crippen LogP contribution >= 0.6 is 0 Å². The minimum absolute atomic E-state index is 0.337. The molecular weight excluding hydrogens is 341 g/mol. The molecule has 0 aliphatic rings. The summed E-state index contributed by atoms with van der Waals surface area (Å²) in [5.74, 6) is 1.74. The molecule has 0 radical (unpaired) electrons. The predicted octanol–water partition coefficient (Wildman–Crippen LogP) is 5.69. The third-order valence-corrected chi connectivity index (χ3v) is 4.37. The molecule has 0 atom stereocenters. The molecule has 0 amide bonds. The van der Waals surface area contributed by atoms with Crippen molar-refractivity contribution in [3.05, 3.63) is 66.2 Å². The SMILES string of the molecule is C=C/C=C(\C(=C)C(C)(C)F)c1ccc(-c2nc(/C(C)=C/C)c(CNC)[nH]2)o1. The fourth-order valence-electron chi connectivity index (χ4n) is 2.67. The minimum Gasteiger partial charge on any atom is -0.453 e. The van der Waals surface area contributed by atoms with E-state index in [4.69, 9.17) is 4.42 Å². The maximum absolute atomic E-state index is 14.4. The van der Waals surface area contributed by atoms with Crippen LogP contribution in [0.4, 0.5) is 4.39 Å². The summed E-state index contributed by atoms with van der Waals surface area (Å²) in [6.07, 6.45) is 5.32. The molecule has 0 saturated heterocycles. The van der Waals surface area contributed by atoms with Crippen LogP contribution in [0.15, 0.2) is 53.5 Å². The number of aromatic nitrogens is 2. The van der Waals surface area contributed by atoms with E-state index in [1.54, 1.807) is 18.2 Å². The lowest BCUT2D eigenvalue weighted by molar-refractivity contribution is 0.276. The van der Waals surface area contributed by atoms with Crippen molar-refractivity contribution in [3.63, 3.8) is 0 Å². The van der Waals surface area contributed by atoms with Gasteiger partial charge in [0, 0.05) is 12.1 Å². The lowest BCUT2D eigenvalue weighted by atomic mass is 9.92. The zero-order valence-corrected chi connectivity index (χ0v) is 16.7. The summed E-state index contributed by atoms with van der Waals surface area (Å²) in [6.45, 7) is 15.2. The van der Waals surface area contributed by atoms with E-state index < -0.39 is 5.67 Å². The van der Waals surface area contributed by atoms with Crippen LogP contribution < -0.4 is 5.32 Å². The first-order valence-electron chi connectivity index (χ1n) is 8.91. The van der Waals surface area contributed by atoms with E-state index in [1.165, 1.54) is 13.8 Å². The van der Waals surface area contributed by atoms with Gasteiger partial charge in [-0.15, -0.1) is 0 Å². The van der Waals surface area contributed by atoms with Crippen LogP contribution in [0.3, 0.4) is 0 Å². The molecule has 2 heterocycles. The van der Waals surface area contributed by atoms with Crippen LogP contribution in [0, 0.1) is 0 Å². The Kier molecular flexibility index (Phi) is 6.39. The van der Waals surface area contributed by atoms with Crippen molar-refractivity contribution < 1.29 is 8.81 Å². The van der Waals surface area contributed by atoms with Gasteiger partial charge in [-0.05, 0) is 58.0 Å². The summed E-state index contributed by atoms with van der Waals surface area (Å²) in [4.78, 5) is 8.00. The number of nitrogens with one attached hydrogen (secondary N) is 2. The first kappa shape index (κ1) is 20.6. The topological polar surface area (TPSA) is 53.9 Å². The largest absolute Gasteiger partial charge is 0.453 e. The molecule has 4 nitrogen and oxygen atoms in total. The number of H-pyrrole nitrogens is 1. The average molecular weight is 369 g/mol. The van der Waals surface area contributed by atoms with E-state index in [1.807, 2.05) is 33.0 Å². The number of hydrogen-bond acceptors (Lipinski definition) is 3. The monoisotopic (exact) mass is 369 g/mol. The average Bonchev–Trinajstić information content (AvgIpc) is 3.25. The number of imidazole rings is 1. The van der Waals surface area contributed by atoms with Gasteiger partial charge in [-0.25, -0.2) is 9.37 Å². The van der Waals surface area contributed by atoms with Gasteiger partial charge in [0.2, 0.25) is 0 Å². The molecule has 2 N–H and O–H groups in total. The van der Waals surface area contributed by atoms with Gasteiger partial charge in [0.25, 0.3) is 0 Å². The Labute approximate surface area is 160 Å². The highest BCUT2D eigenvalue weighted by Crippen LogP contribution is 2.35. The molecule has 0 fully saturated rings. The van der Waals surface area contributed by atoms with E-state index >= 15 is 0 Å². The summed E-state index contributed by atoms with van der Waals surface area (Å²) < 4.78 is 20.4. The molecule has 2 rings (SSSR count). The second kappa shape index (κ2) is 8.35. The number of alkyl halides is 1. The van der Waals surface area contributed by atoms with Crippen LogP contribution in [-0.2, 0) is 6.54 Å². The lowest BCUT2D eigenvalue weighted by Crippen LogP contribution is -2.15. The molecule has 0 bridgehead atoms. The van der Waals surface area contributed by atoms with E-state index in [-0.39, 0.29) is 0 Å². The van der Waals surface area contributed by atoms with Crippen LogP contribution in [0.5, 0.6) is 0 Å². The van der Waals surface area contributed by atoms with Crippen LogP contribution in [0.2, 0.25) is 0 Å². The van der Waals surface area contributed by atoms with Crippen molar-refractivity contribution in [1.29, 1.82) is 0 Å². The molecule has 2 aromatic heterocycles. The highest BCUT2D eigenvalue weighted by atomic mass is 19.1. The van der Waals surface area contributed by atoms with E-state index in [0.717, 1.165) is 17.0 Å². The van der Waals surface area contributed by atoms with Gasteiger partial charge in [-0.1, -0.05) is 31.4 Å².